The summed E-state index contributed by atoms with van der Waals surface area (Å²) in [6.45, 7) is 24.5. The Labute approximate surface area is 279 Å². The summed E-state index contributed by atoms with van der Waals surface area (Å²) in [5.74, 6) is 1.06. The molecule has 0 radical (unpaired) electrons. The van der Waals surface area contributed by atoms with E-state index in [1.54, 1.807) is 24.3 Å². The molecule has 2 aromatic rings. The zero-order valence-electron chi connectivity index (χ0n) is 30.9. The van der Waals surface area contributed by atoms with Crippen LogP contribution in [-0.2, 0) is 31.2 Å². The second-order valence-electron chi connectivity index (χ2n) is 17.0. The molecule has 0 amide bonds. The molecular formula is C40H62O6. The van der Waals surface area contributed by atoms with Crippen LogP contribution in [0.15, 0.2) is 24.3 Å². The van der Waals surface area contributed by atoms with Crippen molar-refractivity contribution in [1.82, 2.24) is 0 Å². The Balaban J connectivity index is 1.71. The van der Waals surface area contributed by atoms with E-state index in [0.29, 0.717) is 24.3 Å². The first kappa shape index (κ1) is 39.2. The Morgan fingerprint density at radius 2 is 0.674 bits per heavy atom. The van der Waals surface area contributed by atoms with Crippen LogP contribution in [0.5, 0.6) is 23.0 Å². The van der Waals surface area contributed by atoms with E-state index in [1.807, 2.05) is 83.1 Å². The van der Waals surface area contributed by atoms with E-state index in [1.165, 1.54) is 0 Å². The summed E-state index contributed by atoms with van der Waals surface area (Å²) >= 11 is 0. The fourth-order valence-electron chi connectivity index (χ4n) is 5.58. The first-order chi connectivity index (χ1) is 21.0. The molecule has 0 unspecified atom stereocenters. The van der Waals surface area contributed by atoms with Crippen molar-refractivity contribution in [3.05, 3.63) is 46.5 Å². The maximum Gasteiger partial charge on any atom is 0.311 e. The third-order valence-corrected chi connectivity index (χ3v) is 8.37. The molecule has 2 aromatic carbocycles. The molecule has 2 rings (SSSR count). The molecule has 0 spiro atoms. The zero-order chi connectivity index (χ0) is 35.1. The lowest BCUT2D eigenvalue weighted by molar-refractivity contribution is -0.135. The number of phenols is 2. The van der Waals surface area contributed by atoms with Crippen molar-refractivity contribution in [2.75, 3.05) is 0 Å². The van der Waals surface area contributed by atoms with Gasteiger partial charge in [0, 0.05) is 35.1 Å². The van der Waals surface area contributed by atoms with Crippen LogP contribution in [0, 0.1) is 0 Å². The summed E-state index contributed by atoms with van der Waals surface area (Å²) in [5.41, 5.74) is 1.99. The average Bonchev–Trinajstić information content (AvgIpc) is 2.88. The first-order valence-electron chi connectivity index (χ1n) is 17.2. The van der Waals surface area contributed by atoms with E-state index in [4.69, 9.17) is 9.47 Å². The lowest BCUT2D eigenvalue weighted by Crippen LogP contribution is -2.18. The third-order valence-electron chi connectivity index (χ3n) is 8.37. The van der Waals surface area contributed by atoms with Crippen molar-refractivity contribution in [3.63, 3.8) is 0 Å². The molecule has 6 nitrogen and oxygen atoms in total. The number of ether oxygens (including phenoxy) is 2. The highest BCUT2D eigenvalue weighted by molar-refractivity contribution is 5.73. The van der Waals surface area contributed by atoms with Crippen LogP contribution in [0.3, 0.4) is 0 Å². The second kappa shape index (κ2) is 15.7. The van der Waals surface area contributed by atoms with E-state index in [0.717, 1.165) is 73.6 Å². The number of hydrogen-bond acceptors (Lipinski definition) is 6. The monoisotopic (exact) mass is 638 g/mol. The number of hydrogen-bond donors (Lipinski definition) is 2. The van der Waals surface area contributed by atoms with Crippen molar-refractivity contribution in [2.24, 2.45) is 0 Å². The molecule has 0 aromatic heterocycles. The Morgan fingerprint density at radius 3 is 0.891 bits per heavy atom. The Kier molecular flexibility index (Phi) is 13.4. The summed E-state index contributed by atoms with van der Waals surface area (Å²) in [5, 5.41) is 21.8. The molecule has 0 fully saturated rings. The summed E-state index contributed by atoms with van der Waals surface area (Å²) in [6.07, 6.45) is 8.56. The van der Waals surface area contributed by atoms with Gasteiger partial charge in [0.25, 0.3) is 0 Å². The average molecular weight is 639 g/mol. The fraction of sp³-hybridized carbons (Fsp3) is 0.650. The van der Waals surface area contributed by atoms with Gasteiger partial charge in [-0.3, -0.25) is 9.59 Å². The molecule has 0 saturated carbocycles. The van der Waals surface area contributed by atoms with Crippen molar-refractivity contribution in [1.29, 1.82) is 0 Å². The number of phenolic OH excluding ortho intramolecular Hbond substituents is 2. The first-order valence-corrected chi connectivity index (χ1v) is 17.2. The molecule has 0 aliphatic rings. The highest BCUT2D eigenvalue weighted by Crippen LogP contribution is 2.43. The highest BCUT2D eigenvalue weighted by Gasteiger charge is 2.29. The predicted octanol–water partition coefficient (Wildman–Crippen LogP) is 10.7. The number of carbonyl (C=O) groups is 2. The van der Waals surface area contributed by atoms with E-state index in [2.05, 4.69) is 0 Å². The van der Waals surface area contributed by atoms with Crippen molar-refractivity contribution < 1.29 is 29.3 Å². The molecule has 46 heavy (non-hydrogen) atoms. The molecule has 0 aliphatic heterocycles. The van der Waals surface area contributed by atoms with Crippen LogP contribution >= 0.6 is 0 Å². The summed E-state index contributed by atoms with van der Waals surface area (Å²) in [6, 6.07) is 7.17. The number of carbonyl (C=O) groups excluding carboxylic acids is 2. The van der Waals surface area contributed by atoms with E-state index in [-0.39, 0.29) is 45.1 Å². The van der Waals surface area contributed by atoms with Crippen LogP contribution in [0.4, 0.5) is 0 Å². The Hall–Kier alpha value is -3.02. The summed E-state index contributed by atoms with van der Waals surface area (Å²) in [4.78, 5) is 25.2. The Bertz CT molecular complexity index is 1150. The number of unbranched alkanes of at least 4 members (excludes halogenated alkanes) is 7. The largest absolute Gasteiger partial charge is 0.507 e. The molecule has 6 heteroatoms. The van der Waals surface area contributed by atoms with Gasteiger partial charge in [-0.1, -0.05) is 122 Å². The number of esters is 2. The van der Waals surface area contributed by atoms with E-state index < -0.39 is 0 Å². The predicted molar refractivity (Wildman–Crippen MR) is 188 cm³/mol. The molecule has 0 heterocycles. The molecule has 0 aliphatic carbocycles. The van der Waals surface area contributed by atoms with Crippen molar-refractivity contribution in [3.8, 4) is 23.0 Å². The molecule has 0 saturated heterocycles. The van der Waals surface area contributed by atoms with E-state index in [9.17, 15) is 19.8 Å². The van der Waals surface area contributed by atoms with Crippen LogP contribution < -0.4 is 9.47 Å². The molecule has 0 bridgehead atoms. The Morgan fingerprint density at radius 1 is 0.457 bits per heavy atom. The SMILES string of the molecule is CC(C)(C)c1cc(OC(=O)CCCCCCCCCCC(=O)Oc2cc(C(C)(C)C)c(O)c(C(C)(C)C)c2)cc(C(C)(C)C)c1O. The number of benzene rings is 2. The molecule has 0 atom stereocenters. The molecule has 258 valence electrons. The minimum Gasteiger partial charge on any atom is -0.507 e. The van der Waals surface area contributed by atoms with Gasteiger partial charge in [-0.2, -0.15) is 0 Å². The van der Waals surface area contributed by atoms with Gasteiger partial charge >= 0.3 is 11.9 Å². The second-order valence-corrected chi connectivity index (χ2v) is 17.0. The van der Waals surface area contributed by atoms with Gasteiger partial charge in [0.15, 0.2) is 0 Å². The van der Waals surface area contributed by atoms with Crippen molar-refractivity contribution >= 4 is 11.9 Å². The molecular weight excluding hydrogens is 576 g/mol. The maximum atomic E-state index is 12.6. The standard InChI is InChI=1S/C40H62O6/c1-37(2,3)29-23-27(24-30(35(29)43)38(4,5)6)45-33(41)21-19-17-15-13-14-16-18-20-22-34(42)46-28-25-31(39(7,8)9)36(44)32(26-28)40(10,11)12/h23-26,43-44H,13-22H2,1-12H3. The molecule has 2 N–H and O–H groups in total. The zero-order valence-corrected chi connectivity index (χ0v) is 30.9. The van der Waals surface area contributed by atoms with Gasteiger partial charge in [0.2, 0.25) is 0 Å². The van der Waals surface area contributed by atoms with Gasteiger partial charge in [0.05, 0.1) is 0 Å². The van der Waals surface area contributed by atoms with Crippen LogP contribution in [0.2, 0.25) is 0 Å². The summed E-state index contributed by atoms with van der Waals surface area (Å²) < 4.78 is 11.4. The summed E-state index contributed by atoms with van der Waals surface area (Å²) in [7, 11) is 0. The third kappa shape index (κ3) is 12.0. The number of aromatic hydroxyl groups is 2. The lowest BCUT2D eigenvalue weighted by atomic mass is 9.79. The minimum atomic E-state index is -0.281. The lowest BCUT2D eigenvalue weighted by Gasteiger charge is -2.28. The maximum absolute atomic E-state index is 12.6. The number of rotatable bonds is 13. The van der Waals surface area contributed by atoms with Crippen molar-refractivity contribution in [2.45, 2.75) is 169 Å². The highest BCUT2D eigenvalue weighted by atomic mass is 16.5. The smallest absolute Gasteiger partial charge is 0.311 e. The van der Waals surface area contributed by atoms with Gasteiger partial charge in [0.1, 0.15) is 23.0 Å². The minimum absolute atomic E-state index is 0.242. The van der Waals surface area contributed by atoms with E-state index >= 15 is 0 Å². The van der Waals surface area contributed by atoms with Gasteiger partial charge in [-0.15, -0.1) is 0 Å². The normalized spacial score (nSPS) is 12.7. The van der Waals surface area contributed by atoms with Gasteiger partial charge in [-0.05, 0) is 58.8 Å². The van der Waals surface area contributed by atoms with Gasteiger partial charge < -0.3 is 19.7 Å². The van der Waals surface area contributed by atoms with Gasteiger partial charge in [-0.25, -0.2) is 0 Å². The fourth-order valence-corrected chi connectivity index (χ4v) is 5.58. The van der Waals surface area contributed by atoms with Crippen LogP contribution in [0.25, 0.3) is 0 Å². The van der Waals surface area contributed by atoms with Crippen LogP contribution in [-0.4, -0.2) is 22.2 Å². The van der Waals surface area contributed by atoms with Crippen LogP contribution in [0.1, 0.15) is 170 Å². The quantitative estimate of drug-likeness (QED) is 0.129. The topological polar surface area (TPSA) is 93.1 Å².